The molecule has 0 heterocycles. The summed E-state index contributed by atoms with van der Waals surface area (Å²) in [4.78, 5) is 0. The molecule has 0 radical (unpaired) electrons. The highest BCUT2D eigenvalue weighted by Crippen LogP contribution is 2.34. The molecule has 3 unspecified atom stereocenters. The van der Waals surface area contributed by atoms with E-state index in [2.05, 4.69) is 73.3 Å². The van der Waals surface area contributed by atoms with Crippen LogP contribution in [0.25, 0.3) is 0 Å². The van der Waals surface area contributed by atoms with Crippen LogP contribution >= 0.6 is 0 Å². The van der Waals surface area contributed by atoms with Crippen LogP contribution in [0.15, 0.2) is 22.8 Å². The SMILES string of the molecule is CCC=C(C)C#CCC(C(C)CCC)C(C)C(CC)=C(C)C. The fourth-order valence-corrected chi connectivity index (χ4v) is 3.59. The summed E-state index contributed by atoms with van der Waals surface area (Å²) < 4.78 is 0. The van der Waals surface area contributed by atoms with Gasteiger partial charge in [-0.2, -0.15) is 0 Å². The van der Waals surface area contributed by atoms with E-state index < -0.39 is 0 Å². The number of hydrogen-bond donors (Lipinski definition) is 0. The molecule has 0 aliphatic heterocycles. The van der Waals surface area contributed by atoms with E-state index in [-0.39, 0.29) is 0 Å². The van der Waals surface area contributed by atoms with Gasteiger partial charge in [-0.25, -0.2) is 0 Å². The number of rotatable bonds is 8. The van der Waals surface area contributed by atoms with Gasteiger partial charge in [-0.1, -0.05) is 76.5 Å². The summed E-state index contributed by atoms with van der Waals surface area (Å²) >= 11 is 0. The maximum absolute atomic E-state index is 3.47. The molecule has 0 aromatic rings. The summed E-state index contributed by atoms with van der Waals surface area (Å²) in [5.41, 5.74) is 4.35. The van der Waals surface area contributed by atoms with Crippen LogP contribution in [0, 0.1) is 29.6 Å². The summed E-state index contributed by atoms with van der Waals surface area (Å²) in [6.45, 7) is 18.2. The van der Waals surface area contributed by atoms with Gasteiger partial charge in [0.25, 0.3) is 0 Å². The molecule has 0 aromatic carbocycles. The van der Waals surface area contributed by atoms with E-state index in [0.717, 1.165) is 18.8 Å². The zero-order valence-corrected chi connectivity index (χ0v) is 16.3. The molecule has 0 saturated heterocycles. The van der Waals surface area contributed by atoms with Gasteiger partial charge in [0, 0.05) is 6.42 Å². The lowest BCUT2D eigenvalue weighted by molar-refractivity contribution is 0.269. The second kappa shape index (κ2) is 11.6. The molecule has 0 bridgehead atoms. The minimum absolute atomic E-state index is 0.640. The molecule has 0 aliphatic carbocycles. The van der Waals surface area contributed by atoms with Crippen LogP contribution < -0.4 is 0 Å². The Hall–Kier alpha value is -0.960. The molecule has 0 saturated carbocycles. The maximum atomic E-state index is 3.47. The van der Waals surface area contributed by atoms with Gasteiger partial charge in [-0.3, -0.25) is 0 Å². The smallest absolute Gasteiger partial charge is 0.0129 e. The van der Waals surface area contributed by atoms with E-state index in [1.54, 1.807) is 5.57 Å². The zero-order valence-electron chi connectivity index (χ0n) is 16.3. The van der Waals surface area contributed by atoms with Crippen LogP contribution in [0.2, 0.25) is 0 Å². The molecule has 0 nitrogen and oxygen atoms in total. The predicted molar refractivity (Wildman–Crippen MR) is 102 cm³/mol. The van der Waals surface area contributed by atoms with Gasteiger partial charge < -0.3 is 0 Å². The molecule has 0 aromatic heterocycles. The van der Waals surface area contributed by atoms with Gasteiger partial charge in [-0.15, -0.1) is 0 Å². The second-order valence-corrected chi connectivity index (χ2v) is 6.90. The van der Waals surface area contributed by atoms with Crippen molar-refractivity contribution >= 4 is 0 Å². The molecule has 0 spiro atoms. The van der Waals surface area contributed by atoms with Crippen LogP contribution in [0.4, 0.5) is 0 Å². The first-order chi connectivity index (χ1) is 10.4. The van der Waals surface area contributed by atoms with Crippen molar-refractivity contribution in [3.8, 4) is 11.8 Å². The molecule has 0 amide bonds. The topological polar surface area (TPSA) is 0 Å². The molecular formula is C22H38. The third-order valence-corrected chi connectivity index (χ3v) is 4.82. The molecular weight excluding hydrogens is 264 g/mol. The lowest BCUT2D eigenvalue weighted by Gasteiger charge is -2.30. The minimum Gasteiger partial charge on any atom is -0.0979 e. The van der Waals surface area contributed by atoms with Gasteiger partial charge >= 0.3 is 0 Å². The van der Waals surface area contributed by atoms with Gasteiger partial charge in [0.1, 0.15) is 0 Å². The normalized spacial score (nSPS) is 15.5. The van der Waals surface area contributed by atoms with Crippen LogP contribution in [0.5, 0.6) is 0 Å². The van der Waals surface area contributed by atoms with Crippen molar-refractivity contribution in [2.75, 3.05) is 0 Å². The van der Waals surface area contributed by atoms with Crippen LogP contribution in [0.1, 0.15) is 87.5 Å². The molecule has 22 heavy (non-hydrogen) atoms. The van der Waals surface area contributed by atoms with Crippen molar-refractivity contribution < 1.29 is 0 Å². The summed E-state index contributed by atoms with van der Waals surface area (Å²) in [7, 11) is 0. The molecule has 0 heteroatoms. The Bertz CT molecular complexity index is 421. The first-order valence-electron chi connectivity index (χ1n) is 9.20. The van der Waals surface area contributed by atoms with E-state index in [0.29, 0.717) is 11.8 Å². The van der Waals surface area contributed by atoms with Crippen molar-refractivity contribution in [1.29, 1.82) is 0 Å². The monoisotopic (exact) mass is 302 g/mol. The Morgan fingerprint density at radius 3 is 2.14 bits per heavy atom. The Labute approximate surface area is 140 Å². The lowest BCUT2D eigenvalue weighted by atomic mass is 9.74. The fourth-order valence-electron chi connectivity index (χ4n) is 3.59. The zero-order chi connectivity index (χ0) is 17.1. The Morgan fingerprint density at radius 1 is 1.05 bits per heavy atom. The van der Waals surface area contributed by atoms with Crippen LogP contribution in [-0.2, 0) is 0 Å². The van der Waals surface area contributed by atoms with Crippen molar-refractivity contribution in [2.24, 2.45) is 17.8 Å². The Morgan fingerprint density at radius 2 is 1.68 bits per heavy atom. The average Bonchev–Trinajstić information content (AvgIpc) is 2.44. The maximum Gasteiger partial charge on any atom is 0.0129 e. The summed E-state index contributed by atoms with van der Waals surface area (Å²) in [6, 6.07) is 0. The minimum atomic E-state index is 0.640. The molecule has 0 N–H and O–H groups in total. The summed E-state index contributed by atoms with van der Waals surface area (Å²) in [5, 5.41) is 0. The van der Waals surface area contributed by atoms with Crippen molar-refractivity contribution in [1.82, 2.24) is 0 Å². The highest BCUT2D eigenvalue weighted by Gasteiger charge is 2.25. The van der Waals surface area contributed by atoms with Crippen LogP contribution in [0.3, 0.4) is 0 Å². The van der Waals surface area contributed by atoms with Gasteiger partial charge in [-0.05, 0) is 56.9 Å². The van der Waals surface area contributed by atoms with E-state index in [1.807, 2.05) is 0 Å². The average molecular weight is 303 g/mol. The molecule has 0 fully saturated rings. The van der Waals surface area contributed by atoms with E-state index in [4.69, 9.17) is 0 Å². The number of allylic oxidation sites excluding steroid dienone is 4. The third kappa shape index (κ3) is 7.35. The van der Waals surface area contributed by atoms with E-state index in [1.165, 1.54) is 30.4 Å². The Kier molecular flexibility index (Phi) is 11.1. The highest BCUT2D eigenvalue weighted by molar-refractivity contribution is 5.26. The lowest BCUT2D eigenvalue weighted by Crippen LogP contribution is -2.21. The summed E-state index contributed by atoms with van der Waals surface area (Å²) in [6.07, 6.45) is 8.05. The fraction of sp³-hybridized carbons (Fsp3) is 0.727. The first kappa shape index (κ1) is 21.0. The Balaban J connectivity index is 5.22. The molecule has 3 atom stereocenters. The van der Waals surface area contributed by atoms with E-state index in [9.17, 15) is 0 Å². The quantitative estimate of drug-likeness (QED) is 0.329. The molecule has 0 rings (SSSR count). The van der Waals surface area contributed by atoms with Crippen molar-refractivity contribution in [3.63, 3.8) is 0 Å². The summed E-state index contributed by atoms with van der Waals surface area (Å²) in [5.74, 6) is 8.87. The third-order valence-electron chi connectivity index (χ3n) is 4.82. The van der Waals surface area contributed by atoms with E-state index >= 15 is 0 Å². The van der Waals surface area contributed by atoms with Gasteiger partial charge in [0.2, 0.25) is 0 Å². The number of hydrogen-bond acceptors (Lipinski definition) is 0. The molecule has 0 aliphatic rings. The second-order valence-electron chi connectivity index (χ2n) is 6.90. The predicted octanol–water partition coefficient (Wildman–Crippen LogP) is 7.17. The van der Waals surface area contributed by atoms with Crippen LogP contribution in [-0.4, -0.2) is 0 Å². The first-order valence-corrected chi connectivity index (χ1v) is 9.20. The van der Waals surface area contributed by atoms with Crippen molar-refractivity contribution in [3.05, 3.63) is 22.8 Å². The standard InChI is InChI=1S/C22H38/c1-9-13-18(6)15-12-16-22(19(7)14-10-2)20(8)21(11-3)17(4)5/h13,19-20,22H,9-11,14,16H2,1-8H3. The largest absolute Gasteiger partial charge is 0.0979 e. The van der Waals surface area contributed by atoms with Gasteiger partial charge in [0.15, 0.2) is 0 Å². The van der Waals surface area contributed by atoms with Gasteiger partial charge in [0.05, 0.1) is 0 Å². The highest BCUT2D eigenvalue weighted by atomic mass is 14.3. The van der Waals surface area contributed by atoms with Crippen molar-refractivity contribution in [2.45, 2.75) is 87.5 Å². The molecule has 126 valence electrons.